The lowest BCUT2D eigenvalue weighted by Gasteiger charge is -2.30. The van der Waals surface area contributed by atoms with Crippen LogP contribution < -0.4 is 10.1 Å². The first-order chi connectivity index (χ1) is 13.7. The van der Waals surface area contributed by atoms with Crippen molar-refractivity contribution in [2.45, 2.75) is 17.7 Å². The summed E-state index contributed by atoms with van der Waals surface area (Å²) in [6.45, 7) is 0.0674. The molecule has 0 spiro atoms. The third kappa shape index (κ3) is 4.54. The molecule has 0 bridgehead atoms. The lowest BCUT2D eigenvalue weighted by molar-refractivity contribution is -0.120. The highest BCUT2D eigenvalue weighted by Gasteiger charge is 2.34. The summed E-state index contributed by atoms with van der Waals surface area (Å²) >= 11 is 0. The third-order valence-corrected chi connectivity index (χ3v) is 6.68. The van der Waals surface area contributed by atoms with E-state index in [2.05, 4.69) is 5.32 Å². The van der Waals surface area contributed by atoms with Crippen molar-refractivity contribution in [1.82, 2.24) is 4.31 Å². The Kier molecular flexibility index (Phi) is 6.13. The summed E-state index contributed by atoms with van der Waals surface area (Å²) < 4.78 is 72.1. The van der Waals surface area contributed by atoms with Crippen LogP contribution in [0.4, 0.5) is 18.9 Å². The molecular weight excluding hydrogens is 409 g/mol. The Morgan fingerprint density at radius 1 is 1.07 bits per heavy atom. The molecule has 2 aromatic carbocycles. The van der Waals surface area contributed by atoms with Crippen molar-refractivity contribution < 1.29 is 31.1 Å². The summed E-state index contributed by atoms with van der Waals surface area (Å²) in [7, 11) is -2.72. The minimum atomic E-state index is -4.01. The Morgan fingerprint density at radius 2 is 1.69 bits per heavy atom. The fourth-order valence-electron chi connectivity index (χ4n) is 3.18. The number of anilines is 1. The summed E-state index contributed by atoms with van der Waals surface area (Å²) in [4.78, 5) is 12.1. The Hall–Kier alpha value is -2.59. The van der Waals surface area contributed by atoms with Crippen LogP contribution in [0.15, 0.2) is 41.3 Å². The molecule has 1 fully saturated rings. The molecule has 1 amide bonds. The number of rotatable bonds is 5. The number of methoxy groups -OCH3 is 1. The zero-order chi connectivity index (χ0) is 21.2. The molecule has 156 valence electrons. The predicted molar refractivity (Wildman–Crippen MR) is 99.4 cm³/mol. The molecule has 2 aromatic rings. The molecule has 0 unspecified atom stereocenters. The van der Waals surface area contributed by atoms with Gasteiger partial charge in [0, 0.05) is 25.1 Å². The van der Waals surface area contributed by atoms with Crippen molar-refractivity contribution >= 4 is 21.6 Å². The highest BCUT2D eigenvalue weighted by atomic mass is 32.2. The SMILES string of the molecule is COc1ccc(F)cc1S(=O)(=O)N1CCC(C(=O)Nc2ccc(F)cc2F)CC1. The van der Waals surface area contributed by atoms with Gasteiger partial charge < -0.3 is 10.1 Å². The van der Waals surface area contributed by atoms with Crippen LogP contribution >= 0.6 is 0 Å². The van der Waals surface area contributed by atoms with Crippen LogP contribution in [0.2, 0.25) is 0 Å². The number of halogens is 3. The second-order valence-electron chi connectivity index (χ2n) is 6.59. The minimum absolute atomic E-state index is 0.0260. The zero-order valence-electron chi connectivity index (χ0n) is 15.5. The molecule has 1 saturated heterocycles. The third-order valence-electron chi connectivity index (χ3n) is 4.76. The maximum Gasteiger partial charge on any atom is 0.246 e. The number of nitrogens with zero attached hydrogens (tertiary/aromatic N) is 1. The number of ether oxygens (including phenoxy) is 1. The van der Waals surface area contributed by atoms with E-state index >= 15 is 0 Å². The van der Waals surface area contributed by atoms with Gasteiger partial charge in [0.2, 0.25) is 15.9 Å². The highest BCUT2D eigenvalue weighted by molar-refractivity contribution is 7.89. The second kappa shape index (κ2) is 8.42. The monoisotopic (exact) mass is 428 g/mol. The van der Waals surface area contributed by atoms with Gasteiger partial charge in [0.15, 0.2) is 0 Å². The van der Waals surface area contributed by atoms with Crippen molar-refractivity contribution in [3.05, 3.63) is 53.8 Å². The second-order valence-corrected chi connectivity index (χ2v) is 8.49. The smallest absolute Gasteiger partial charge is 0.246 e. The van der Waals surface area contributed by atoms with Gasteiger partial charge in [0.05, 0.1) is 12.8 Å². The van der Waals surface area contributed by atoms with Crippen LogP contribution in [-0.4, -0.2) is 38.8 Å². The number of benzene rings is 2. The van der Waals surface area contributed by atoms with E-state index in [-0.39, 0.29) is 42.3 Å². The van der Waals surface area contributed by atoms with Gasteiger partial charge in [-0.3, -0.25) is 4.79 Å². The van der Waals surface area contributed by atoms with Crippen molar-refractivity contribution in [3.8, 4) is 5.75 Å². The maximum atomic E-state index is 13.7. The molecule has 3 rings (SSSR count). The van der Waals surface area contributed by atoms with Crippen LogP contribution in [-0.2, 0) is 14.8 Å². The minimum Gasteiger partial charge on any atom is -0.495 e. The van der Waals surface area contributed by atoms with Gasteiger partial charge in [0.1, 0.15) is 28.1 Å². The van der Waals surface area contributed by atoms with Gasteiger partial charge in [-0.15, -0.1) is 0 Å². The average Bonchev–Trinajstić information content (AvgIpc) is 2.70. The molecule has 0 aromatic heterocycles. The van der Waals surface area contributed by atoms with Gasteiger partial charge in [0.25, 0.3) is 0 Å². The normalized spacial score (nSPS) is 15.9. The Bertz CT molecular complexity index is 1020. The van der Waals surface area contributed by atoms with Crippen LogP contribution in [0.3, 0.4) is 0 Å². The molecule has 10 heteroatoms. The maximum absolute atomic E-state index is 13.7. The van der Waals surface area contributed by atoms with Crippen LogP contribution in [0.5, 0.6) is 5.75 Å². The van der Waals surface area contributed by atoms with E-state index in [4.69, 9.17) is 4.74 Å². The van der Waals surface area contributed by atoms with E-state index in [9.17, 15) is 26.4 Å². The van der Waals surface area contributed by atoms with Crippen molar-refractivity contribution in [1.29, 1.82) is 0 Å². The highest BCUT2D eigenvalue weighted by Crippen LogP contribution is 2.30. The van der Waals surface area contributed by atoms with Crippen molar-refractivity contribution in [2.75, 3.05) is 25.5 Å². The number of piperidine rings is 1. The van der Waals surface area contributed by atoms with Crippen molar-refractivity contribution in [3.63, 3.8) is 0 Å². The van der Waals surface area contributed by atoms with Gasteiger partial charge >= 0.3 is 0 Å². The first kappa shape index (κ1) is 21.1. The van der Waals surface area contributed by atoms with E-state index < -0.39 is 39.3 Å². The Labute approximate surface area is 166 Å². The lowest BCUT2D eigenvalue weighted by atomic mass is 9.97. The molecule has 29 heavy (non-hydrogen) atoms. The van der Waals surface area contributed by atoms with Crippen LogP contribution in [0.1, 0.15) is 12.8 Å². The Morgan fingerprint density at radius 3 is 2.31 bits per heavy atom. The molecule has 0 atom stereocenters. The number of hydrogen-bond acceptors (Lipinski definition) is 4. The summed E-state index contributed by atoms with van der Waals surface area (Å²) in [5.74, 6) is -3.35. The molecule has 0 saturated carbocycles. The molecule has 1 aliphatic rings. The van der Waals surface area contributed by atoms with Gasteiger partial charge in [-0.05, 0) is 43.2 Å². The summed E-state index contributed by atoms with van der Waals surface area (Å²) in [5.41, 5.74) is -0.143. The molecule has 1 aliphatic heterocycles. The molecule has 6 nitrogen and oxygen atoms in total. The number of nitrogens with one attached hydrogen (secondary N) is 1. The van der Waals surface area contributed by atoms with E-state index in [0.29, 0.717) is 6.07 Å². The predicted octanol–water partition coefficient (Wildman–Crippen LogP) is 3.15. The largest absolute Gasteiger partial charge is 0.495 e. The molecular formula is C19H19F3N2O4S. The van der Waals surface area contributed by atoms with E-state index in [1.165, 1.54) is 13.2 Å². The quantitative estimate of drug-likeness (QED) is 0.794. The fourth-order valence-corrected chi connectivity index (χ4v) is 4.81. The number of amides is 1. The zero-order valence-corrected chi connectivity index (χ0v) is 16.3. The molecule has 0 aliphatic carbocycles. The van der Waals surface area contributed by atoms with E-state index in [1.54, 1.807) is 0 Å². The first-order valence-corrected chi connectivity index (χ1v) is 10.3. The van der Waals surface area contributed by atoms with Crippen LogP contribution in [0.25, 0.3) is 0 Å². The first-order valence-electron chi connectivity index (χ1n) is 8.82. The summed E-state index contributed by atoms with van der Waals surface area (Å²) in [6, 6.07) is 6.04. The van der Waals surface area contributed by atoms with E-state index in [1.807, 2.05) is 0 Å². The van der Waals surface area contributed by atoms with Crippen LogP contribution in [0, 0.1) is 23.4 Å². The number of carbonyl (C=O) groups excluding carboxylic acids is 1. The van der Waals surface area contributed by atoms with Crippen molar-refractivity contribution in [2.24, 2.45) is 5.92 Å². The standard InChI is InChI=1S/C19H19F3N2O4S/c1-28-17-5-3-14(21)11-18(17)29(26,27)24-8-6-12(7-9-24)19(25)23-16-4-2-13(20)10-15(16)22/h2-5,10-12H,6-9H2,1H3,(H,23,25). The average molecular weight is 428 g/mol. The lowest BCUT2D eigenvalue weighted by Crippen LogP contribution is -2.41. The number of hydrogen-bond donors (Lipinski definition) is 1. The van der Waals surface area contributed by atoms with Gasteiger partial charge in [-0.1, -0.05) is 0 Å². The molecule has 1 N–H and O–H groups in total. The van der Waals surface area contributed by atoms with Gasteiger partial charge in [-0.25, -0.2) is 21.6 Å². The van der Waals surface area contributed by atoms with Gasteiger partial charge in [-0.2, -0.15) is 4.31 Å². The molecule has 0 radical (unpaired) electrons. The number of sulfonamides is 1. The topological polar surface area (TPSA) is 75.7 Å². The molecule has 1 heterocycles. The number of carbonyl (C=O) groups is 1. The van der Waals surface area contributed by atoms with E-state index in [0.717, 1.165) is 28.6 Å². The summed E-state index contributed by atoms with van der Waals surface area (Å²) in [5, 5.41) is 2.40. The summed E-state index contributed by atoms with van der Waals surface area (Å²) in [6.07, 6.45) is 0.400. The fraction of sp³-hybridized carbons (Fsp3) is 0.316. The Balaban J connectivity index is 1.68.